The molecule has 5 nitrogen and oxygen atoms in total. The molecule has 6 heteroatoms. The fraction of sp³-hybridized carbons (Fsp3) is 0.474. The summed E-state index contributed by atoms with van der Waals surface area (Å²) in [6, 6.07) is 5.83. The number of ether oxygens (including phenoxy) is 1. The van der Waals surface area contributed by atoms with Gasteiger partial charge in [-0.25, -0.2) is 4.98 Å². The van der Waals surface area contributed by atoms with E-state index < -0.39 is 0 Å². The first kappa shape index (κ1) is 16.5. The lowest BCUT2D eigenvalue weighted by Gasteiger charge is -2.19. The Hall–Kier alpha value is -2.01. The summed E-state index contributed by atoms with van der Waals surface area (Å²) in [6.45, 7) is 4.99. The largest absolute Gasteiger partial charge is 0.495 e. The molecule has 1 aliphatic heterocycles. The molecule has 2 unspecified atom stereocenters. The third-order valence-corrected chi connectivity index (χ3v) is 5.47. The smallest absolute Gasteiger partial charge is 0.227 e. The SMILES string of the molecule is CCc1cnc(N2CC3CC3C2)nc1NCc1ccc(OC)c(Cl)c1. The minimum atomic E-state index is 0.622. The normalized spacial score (nSPS) is 21.2. The van der Waals surface area contributed by atoms with Crippen LogP contribution in [0.1, 0.15) is 24.5 Å². The molecule has 1 N–H and O–H groups in total. The predicted octanol–water partition coefficient (Wildman–Crippen LogP) is 3.77. The monoisotopic (exact) mass is 358 g/mol. The standard InChI is InChI=1S/C19H23ClN4O/c1-3-13-9-22-19(24-10-14-7-15(14)11-24)23-18(13)21-8-12-4-5-17(25-2)16(20)6-12/h4-6,9,14-15H,3,7-8,10-11H2,1-2H3,(H,21,22,23). The average molecular weight is 359 g/mol. The molecule has 1 aromatic heterocycles. The van der Waals surface area contributed by atoms with Crippen molar-refractivity contribution in [2.45, 2.75) is 26.3 Å². The number of rotatable bonds is 6. The molecule has 1 aliphatic carbocycles. The van der Waals surface area contributed by atoms with Crippen LogP contribution in [0.2, 0.25) is 5.02 Å². The van der Waals surface area contributed by atoms with Crippen LogP contribution in [-0.2, 0) is 13.0 Å². The predicted molar refractivity (Wildman–Crippen MR) is 101 cm³/mol. The van der Waals surface area contributed by atoms with Crippen molar-refractivity contribution in [2.75, 3.05) is 30.4 Å². The maximum atomic E-state index is 6.21. The van der Waals surface area contributed by atoms with Gasteiger partial charge < -0.3 is 15.0 Å². The van der Waals surface area contributed by atoms with Gasteiger partial charge in [-0.2, -0.15) is 4.98 Å². The van der Waals surface area contributed by atoms with Crippen molar-refractivity contribution in [3.8, 4) is 5.75 Å². The van der Waals surface area contributed by atoms with Gasteiger partial charge in [-0.1, -0.05) is 24.6 Å². The number of aromatic nitrogens is 2. The Bertz CT molecular complexity index is 772. The van der Waals surface area contributed by atoms with E-state index in [2.05, 4.69) is 22.1 Å². The van der Waals surface area contributed by atoms with Gasteiger partial charge in [0, 0.05) is 31.4 Å². The molecule has 25 heavy (non-hydrogen) atoms. The van der Waals surface area contributed by atoms with E-state index in [1.807, 2.05) is 24.4 Å². The maximum Gasteiger partial charge on any atom is 0.227 e. The Morgan fingerprint density at radius 3 is 2.80 bits per heavy atom. The molecule has 2 heterocycles. The summed E-state index contributed by atoms with van der Waals surface area (Å²) in [4.78, 5) is 11.7. The van der Waals surface area contributed by atoms with E-state index in [1.165, 1.54) is 6.42 Å². The van der Waals surface area contributed by atoms with Gasteiger partial charge in [0.15, 0.2) is 0 Å². The van der Waals surface area contributed by atoms with Crippen molar-refractivity contribution in [3.05, 3.63) is 40.5 Å². The molecule has 0 radical (unpaired) electrons. The molecule has 4 rings (SSSR count). The Kier molecular flexibility index (Phi) is 4.42. The molecule has 2 aliphatic rings. The highest BCUT2D eigenvalue weighted by atomic mass is 35.5. The van der Waals surface area contributed by atoms with E-state index >= 15 is 0 Å². The molecule has 1 saturated heterocycles. The molecular formula is C19H23ClN4O. The lowest BCUT2D eigenvalue weighted by molar-refractivity contribution is 0.415. The first-order chi connectivity index (χ1) is 12.2. The molecule has 132 valence electrons. The van der Waals surface area contributed by atoms with Crippen LogP contribution in [0.4, 0.5) is 11.8 Å². The number of anilines is 2. The van der Waals surface area contributed by atoms with Crippen LogP contribution in [0.3, 0.4) is 0 Å². The molecule has 0 spiro atoms. The van der Waals surface area contributed by atoms with Crippen LogP contribution in [0.15, 0.2) is 24.4 Å². The number of nitrogens with one attached hydrogen (secondary N) is 1. The molecule has 2 atom stereocenters. The zero-order valence-corrected chi connectivity index (χ0v) is 15.4. The van der Waals surface area contributed by atoms with E-state index in [4.69, 9.17) is 21.3 Å². The average Bonchev–Trinajstić information content (AvgIpc) is 3.25. The summed E-state index contributed by atoms with van der Waals surface area (Å²) in [5.41, 5.74) is 2.23. The number of hydrogen-bond donors (Lipinski definition) is 1. The fourth-order valence-electron chi connectivity index (χ4n) is 3.53. The van der Waals surface area contributed by atoms with E-state index in [9.17, 15) is 0 Å². The first-order valence-corrected chi connectivity index (χ1v) is 9.23. The summed E-state index contributed by atoms with van der Waals surface area (Å²) >= 11 is 6.21. The second-order valence-corrected chi connectivity index (χ2v) is 7.29. The summed E-state index contributed by atoms with van der Waals surface area (Å²) in [6.07, 6.45) is 4.24. The summed E-state index contributed by atoms with van der Waals surface area (Å²) < 4.78 is 5.21. The summed E-state index contributed by atoms with van der Waals surface area (Å²) in [7, 11) is 1.62. The lowest BCUT2D eigenvalue weighted by Crippen LogP contribution is -2.24. The number of piperidine rings is 1. The molecule has 0 amide bonds. The second kappa shape index (κ2) is 6.71. The number of hydrogen-bond acceptors (Lipinski definition) is 5. The number of fused-ring (bicyclic) bond motifs is 1. The van der Waals surface area contributed by atoms with E-state index in [1.54, 1.807) is 7.11 Å². The van der Waals surface area contributed by atoms with Crippen LogP contribution < -0.4 is 15.0 Å². The van der Waals surface area contributed by atoms with Crippen LogP contribution in [-0.4, -0.2) is 30.2 Å². The molecule has 1 aromatic carbocycles. The van der Waals surface area contributed by atoms with Crippen molar-refractivity contribution < 1.29 is 4.74 Å². The van der Waals surface area contributed by atoms with Crippen molar-refractivity contribution in [1.82, 2.24) is 9.97 Å². The second-order valence-electron chi connectivity index (χ2n) is 6.88. The van der Waals surface area contributed by atoms with Gasteiger partial charge in [0.25, 0.3) is 0 Å². The quantitative estimate of drug-likeness (QED) is 0.851. The van der Waals surface area contributed by atoms with Crippen LogP contribution in [0, 0.1) is 11.8 Å². The molecule has 2 aromatic rings. The highest BCUT2D eigenvalue weighted by Crippen LogP contribution is 2.45. The van der Waals surface area contributed by atoms with Crippen LogP contribution in [0.5, 0.6) is 5.75 Å². The summed E-state index contributed by atoms with van der Waals surface area (Å²) in [5.74, 6) is 4.19. The van der Waals surface area contributed by atoms with Gasteiger partial charge in [-0.3, -0.25) is 0 Å². The third kappa shape index (κ3) is 3.38. The minimum Gasteiger partial charge on any atom is -0.495 e. The van der Waals surface area contributed by atoms with E-state index in [0.29, 0.717) is 17.3 Å². The van der Waals surface area contributed by atoms with Crippen molar-refractivity contribution >= 4 is 23.4 Å². The van der Waals surface area contributed by atoms with Gasteiger partial charge >= 0.3 is 0 Å². The Labute approximate surface area is 153 Å². The Morgan fingerprint density at radius 1 is 1.32 bits per heavy atom. The number of methoxy groups -OCH3 is 1. The van der Waals surface area contributed by atoms with Crippen molar-refractivity contribution in [2.24, 2.45) is 11.8 Å². The lowest BCUT2D eigenvalue weighted by atomic mass is 10.2. The van der Waals surface area contributed by atoms with Crippen molar-refractivity contribution in [1.29, 1.82) is 0 Å². The highest BCUT2D eigenvalue weighted by Gasteiger charge is 2.45. The minimum absolute atomic E-state index is 0.622. The molecule has 0 bridgehead atoms. The van der Waals surface area contributed by atoms with Gasteiger partial charge in [-0.05, 0) is 42.4 Å². The number of aryl methyl sites for hydroxylation is 1. The number of halogens is 1. The Balaban J connectivity index is 1.49. The number of benzene rings is 1. The molecule has 1 saturated carbocycles. The maximum absolute atomic E-state index is 6.21. The van der Waals surface area contributed by atoms with Crippen molar-refractivity contribution in [3.63, 3.8) is 0 Å². The number of nitrogens with zero attached hydrogens (tertiary/aromatic N) is 3. The summed E-state index contributed by atoms with van der Waals surface area (Å²) in [5, 5.41) is 4.08. The zero-order chi connectivity index (χ0) is 17.4. The Morgan fingerprint density at radius 2 is 2.12 bits per heavy atom. The van der Waals surface area contributed by atoms with Crippen LogP contribution in [0.25, 0.3) is 0 Å². The molecule has 2 fully saturated rings. The topological polar surface area (TPSA) is 50.3 Å². The fourth-order valence-corrected chi connectivity index (χ4v) is 3.81. The van der Waals surface area contributed by atoms with E-state index in [0.717, 1.165) is 54.2 Å². The zero-order valence-electron chi connectivity index (χ0n) is 14.6. The van der Waals surface area contributed by atoms with Gasteiger partial charge in [0.05, 0.1) is 12.1 Å². The van der Waals surface area contributed by atoms with Gasteiger partial charge in [0.1, 0.15) is 11.6 Å². The van der Waals surface area contributed by atoms with Crippen LogP contribution >= 0.6 is 11.6 Å². The third-order valence-electron chi connectivity index (χ3n) is 5.17. The van der Waals surface area contributed by atoms with Gasteiger partial charge in [-0.15, -0.1) is 0 Å². The molecular weight excluding hydrogens is 336 g/mol. The van der Waals surface area contributed by atoms with E-state index in [-0.39, 0.29) is 0 Å². The highest BCUT2D eigenvalue weighted by molar-refractivity contribution is 6.32. The first-order valence-electron chi connectivity index (χ1n) is 8.85. The van der Waals surface area contributed by atoms with Gasteiger partial charge in [0.2, 0.25) is 5.95 Å².